The van der Waals surface area contributed by atoms with Gasteiger partial charge in [-0.1, -0.05) is 44.4 Å². The molecule has 18 heavy (non-hydrogen) atoms. The summed E-state index contributed by atoms with van der Waals surface area (Å²) in [7, 11) is 0. The van der Waals surface area contributed by atoms with E-state index < -0.39 is 0 Å². The third-order valence-electron chi connectivity index (χ3n) is 3.42. The fourth-order valence-corrected chi connectivity index (χ4v) is 2.34. The topological polar surface area (TPSA) is 17.0 Å². The molecule has 0 aliphatic rings. The van der Waals surface area contributed by atoms with E-state index >= 15 is 0 Å². The number of rotatable bonds is 8. The number of hydrogen-bond acceptors (Lipinski definition) is 1. The summed E-state index contributed by atoms with van der Waals surface area (Å²) in [4.78, 5) is 0. The van der Waals surface area contributed by atoms with Gasteiger partial charge < -0.3 is 9.88 Å². The van der Waals surface area contributed by atoms with E-state index in [9.17, 15) is 0 Å². The van der Waals surface area contributed by atoms with E-state index in [-0.39, 0.29) is 0 Å². The summed E-state index contributed by atoms with van der Waals surface area (Å²) in [6.07, 6.45) is 7.53. The van der Waals surface area contributed by atoms with Crippen molar-refractivity contribution in [2.75, 3.05) is 13.1 Å². The lowest BCUT2D eigenvalue weighted by Crippen LogP contribution is -2.20. The number of fused-ring (bicyclic) bond motifs is 1. The highest BCUT2D eigenvalue weighted by atomic mass is 15.0. The molecule has 0 fully saturated rings. The molecule has 0 aliphatic heterocycles. The van der Waals surface area contributed by atoms with Crippen LogP contribution < -0.4 is 5.32 Å². The minimum atomic E-state index is 1.06. The van der Waals surface area contributed by atoms with E-state index in [1.165, 1.54) is 36.6 Å². The maximum absolute atomic E-state index is 3.53. The molecule has 1 aromatic heterocycles. The lowest BCUT2D eigenvalue weighted by molar-refractivity contribution is 0.567. The average molecular weight is 244 g/mol. The molecular formula is C16H24N2. The molecule has 0 unspecified atom stereocenters. The fourth-order valence-electron chi connectivity index (χ4n) is 2.34. The van der Waals surface area contributed by atoms with Gasteiger partial charge in [-0.3, -0.25) is 0 Å². The summed E-state index contributed by atoms with van der Waals surface area (Å²) in [6, 6.07) is 10.8. The fraction of sp³-hybridized carbons (Fsp3) is 0.500. The molecule has 98 valence electrons. The molecule has 1 N–H and O–H groups in total. The van der Waals surface area contributed by atoms with Crippen LogP contribution in [0.4, 0.5) is 0 Å². The lowest BCUT2D eigenvalue weighted by Gasteiger charge is -2.07. The van der Waals surface area contributed by atoms with E-state index in [0.717, 1.165) is 19.6 Å². The van der Waals surface area contributed by atoms with Gasteiger partial charge in [0.2, 0.25) is 0 Å². The molecular weight excluding hydrogens is 220 g/mol. The molecule has 0 spiro atoms. The number of nitrogens with zero attached hydrogens (tertiary/aromatic N) is 1. The number of aromatic nitrogens is 1. The number of hydrogen-bond donors (Lipinski definition) is 1. The van der Waals surface area contributed by atoms with Gasteiger partial charge in [0.1, 0.15) is 0 Å². The zero-order valence-electron chi connectivity index (χ0n) is 11.4. The van der Waals surface area contributed by atoms with Gasteiger partial charge in [-0.25, -0.2) is 0 Å². The van der Waals surface area contributed by atoms with Crippen LogP contribution in [0.2, 0.25) is 0 Å². The van der Waals surface area contributed by atoms with Crippen molar-refractivity contribution in [1.82, 2.24) is 9.88 Å². The van der Waals surface area contributed by atoms with Crippen molar-refractivity contribution < 1.29 is 0 Å². The van der Waals surface area contributed by atoms with Gasteiger partial charge in [0.25, 0.3) is 0 Å². The molecule has 2 aromatic rings. The second-order valence-corrected chi connectivity index (χ2v) is 4.88. The predicted octanol–water partition coefficient (Wildman–Crippen LogP) is 3.81. The highest BCUT2D eigenvalue weighted by molar-refractivity contribution is 5.79. The maximum Gasteiger partial charge on any atom is 0.0480 e. The molecule has 2 heteroatoms. The van der Waals surface area contributed by atoms with Crippen LogP contribution in [0.25, 0.3) is 10.9 Å². The Morgan fingerprint density at radius 2 is 1.89 bits per heavy atom. The van der Waals surface area contributed by atoms with Crippen LogP contribution in [0, 0.1) is 0 Å². The molecule has 1 heterocycles. The van der Waals surface area contributed by atoms with Gasteiger partial charge in [0.05, 0.1) is 0 Å². The average Bonchev–Trinajstić information content (AvgIpc) is 2.81. The molecule has 2 nitrogen and oxygen atoms in total. The minimum Gasteiger partial charge on any atom is -0.346 e. The van der Waals surface area contributed by atoms with Crippen molar-refractivity contribution in [3.8, 4) is 0 Å². The van der Waals surface area contributed by atoms with Crippen LogP contribution >= 0.6 is 0 Å². The standard InChI is InChI=1S/C16H24N2/c1-2-3-4-7-11-17-12-14-18-13-10-15-8-5-6-9-16(15)18/h5-6,8-10,13,17H,2-4,7,11-12,14H2,1H3. The second-order valence-electron chi connectivity index (χ2n) is 4.88. The zero-order valence-corrected chi connectivity index (χ0v) is 11.4. The van der Waals surface area contributed by atoms with E-state index in [4.69, 9.17) is 0 Å². The van der Waals surface area contributed by atoms with Gasteiger partial charge >= 0.3 is 0 Å². The maximum atomic E-state index is 3.53. The number of unbranched alkanes of at least 4 members (excludes halogenated alkanes) is 3. The Hall–Kier alpha value is -1.28. The van der Waals surface area contributed by atoms with Crippen LogP contribution in [0.5, 0.6) is 0 Å². The second kappa shape index (κ2) is 7.22. The van der Waals surface area contributed by atoms with Crippen molar-refractivity contribution >= 4 is 10.9 Å². The predicted molar refractivity (Wildman–Crippen MR) is 78.9 cm³/mol. The van der Waals surface area contributed by atoms with E-state index in [2.05, 4.69) is 53.3 Å². The van der Waals surface area contributed by atoms with E-state index in [0.29, 0.717) is 0 Å². The quantitative estimate of drug-likeness (QED) is 0.699. The Bertz CT molecular complexity index is 459. The molecule has 0 amide bonds. The highest BCUT2D eigenvalue weighted by Gasteiger charge is 1.98. The van der Waals surface area contributed by atoms with Gasteiger partial charge in [0, 0.05) is 24.8 Å². The minimum absolute atomic E-state index is 1.06. The van der Waals surface area contributed by atoms with Crippen LogP contribution in [0.1, 0.15) is 32.6 Å². The van der Waals surface area contributed by atoms with Gasteiger partial charge in [0.15, 0.2) is 0 Å². The lowest BCUT2D eigenvalue weighted by atomic mass is 10.2. The summed E-state index contributed by atoms with van der Waals surface area (Å²) in [5, 5.41) is 4.86. The molecule has 1 aromatic carbocycles. The Morgan fingerprint density at radius 1 is 1.00 bits per heavy atom. The van der Waals surface area contributed by atoms with Crippen LogP contribution in [0.3, 0.4) is 0 Å². The van der Waals surface area contributed by atoms with Gasteiger partial charge in [-0.2, -0.15) is 0 Å². The molecule has 2 rings (SSSR count). The largest absolute Gasteiger partial charge is 0.346 e. The van der Waals surface area contributed by atoms with Crippen molar-refractivity contribution in [2.45, 2.75) is 39.2 Å². The van der Waals surface area contributed by atoms with Crippen LogP contribution in [-0.2, 0) is 6.54 Å². The molecule has 0 atom stereocenters. The molecule has 0 bridgehead atoms. The smallest absolute Gasteiger partial charge is 0.0480 e. The normalized spacial score (nSPS) is 11.2. The third-order valence-corrected chi connectivity index (χ3v) is 3.42. The Kier molecular flexibility index (Phi) is 5.28. The zero-order chi connectivity index (χ0) is 12.6. The number of para-hydroxylation sites is 1. The van der Waals surface area contributed by atoms with Gasteiger partial charge in [-0.05, 0) is 30.5 Å². The first-order valence-corrected chi connectivity index (χ1v) is 7.16. The van der Waals surface area contributed by atoms with Crippen LogP contribution in [0.15, 0.2) is 36.5 Å². The summed E-state index contributed by atoms with van der Waals surface area (Å²) in [5.74, 6) is 0. The number of benzene rings is 1. The number of nitrogens with one attached hydrogen (secondary N) is 1. The Balaban J connectivity index is 1.70. The first-order chi connectivity index (χ1) is 8.92. The van der Waals surface area contributed by atoms with Crippen molar-refractivity contribution in [3.63, 3.8) is 0 Å². The Labute approximate surface area is 110 Å². The van der Waals surface area contributed by atoms with Crippen molar-refractivity contribution in [2.24, 2.45) is 0 Å². The molecule has 0 saturated carbocycles. The summed E-state index contributed by atoms with van der Waals surface area (Å²) >= 11 is 0. The third kappa shape index (κ3) is 3.61. The van der Waals surface area contributed by atoms with E-state index in [1.807, 2.05) is 0 Å². The monoisotopic (exact) mass is 244 g/mol. The molecule has 0 radical (unpaired) electrons. The first-order valence-electron chi connectivity index (χ1n) is 7.16. The highest BCUT2D eigenvalue weighted by Crippen LogP contribution is 2.14. The van der Waals surface area contributed by atoms with E-state index in [1.54, 1.807) is 0 Å². The van der Waals surface area contributed by atoms with Gasteiger partial charge in [-0.15, -0.1) is 0 Å². The SMILES string of the molecule is CCCCCCNCCn1ccc2ccccc21. The Morgan fingerprint density at radius 3 is 2.78 bits per heavy atom. The molecule has 0 saturated heterocycles. The summed E-state index contributed by atoms with van der Waals surface area (Å²) in [6.45, 7) is 5.52. The summed E-state index contributed by atoms with van der Waals surface area (Å²) in [5.41, 5.74) is 1.34. The molecule has 0 aliphatic carbocycles. The van der Waals surface area contributed by atoms with Crippen molar-refractivity contribution in [1.29, 1.82) is 0 Å². The first kappa shape index (κ1) is 13.2. The summed E-state index contributed by atoms with van der Waals surface area (Å²) < 4.78 is 2.33. The van der Waals surface area contributed by atoms with Crippen molar-refractivity contribution in [3.05, 3.63) is 36.5 Å². The van der Waals surface area contributed by atoms with Crippen LogP contribution in [-0.4, -0.2) is 17.7 Å².